The Morgan fingerprint density at radius 2 is 1.42 bits per heavy atom. The molecule has 1 heterocycles. The van der Waals surface area contributed by atoms with Gasteiger partial charge in [-0.25, -0.2) is 0 Å². The molecule has 1 aliphatic heterocycles. The minimum absolute atomic E-state index is 0.0412. The third kappa shape index (κ3) is 8.57. The number of carbonyl (C=O) groups excluding carboxylic acids is 4. The van der Waals surface area contributed by atoms with Crippen LogP contribution >= 0.6 is 44.1 Å². The summed E-state index contributed by atoms with van der Waals surface area (Å²) >= 11 is 12.1. The Morgan fingerprint density at radius 3 is 1.92 bits per heavy atom. The summed E-state index contributed by atoms with van der Waals surface area (Å²) in [6.45, 7) is 4.26. The molecule has 1 aromatic carbocycles. The molecule has 2 rings (SSSR count). The van der Waals surface area contributed by atoms with Crippen molar-refractivity contribution in [2.24, 2.45) is 0 Å². The number of anilines is 2. The van der Waals surface area contributed by atoms with Crippen molar-refractivity contribution >= 4 is 84.4 Å². The molecule has 0 aliphatic carbocycles. The molecule has 1 aliphatic rings. The topological polar surface area (TPSA) is 165 Å². The van der Waals surface area contributed by atoms with Crippen molar-refractivity contribution in [3.63, 3.8) is 0 Å². The van der Waals surface area contributed by atoms with Gasteiger partial charge in [-0.1, -0.05) is 0 Å². The molecule has 15 heteroatoms. The fourth-order valence-electron chi connectivity index (χ4n) is 3.30. The van der Waals surface area contributed by atoms with Crippen molar-refractivity contribution < 1.29 is 42.9 Å². The van der Waals surface area contributed by atoms with Crippen molar-refractivity contribution in [1.29, 1.82) is 0 Å². The molecule has 0 radical (unpaired) electrons. The number of esters is 4. The van der Waals surface area contributed by atoms with Crippen LogP contribution in [-0.4, -0.2) is 66.2 Å². The fraction of sp³-hybridized carbons (Fsp3) is 0.476. The number of halogens is 2. The van der Waals surface area contributed by atoms with E-state index in [1.807, 2.05) is 0 Å². The normalized spacial score (nSPS) is 23.1. The molecular weight excluding hydrogens is 630 g/mol. The maximum absolute atomic E-state index is 11.9. The van der Waals surface area contributed by atoms with Crippen molar-refractivity contribution in [2.45, 2.75) is 58.3 Å². The quantitative estimate of drug-likeness (QED) is 0.170. The molecule has 1 aromatic rings. The van der Waals surface area contributed by atoms with Gasteiger partial charge in [-0.3, -0.25) is 19.2 Å². The van der Waals surface area contributed by atoms with E-state index in [9.17, 15) is 19.2 Å². The number of rotatable bonds is 7. The van der Waals surface area contributed by atoms with Crippen molar-refractivity contribution in [2.75, 3.05) is 17.7 Å². The van der Waals surface area contributed by atoms with Crippen LogP contribution in [0.4, 0.5) is 11.4 Å². The van der Waals surface area contributed by atoms with Gasteiger partial charge in [-0.05, 0) is 56.2 Å². The van der Waals surface area contributed by atoms with Gasteiger partial charge < -0.3 is 40.1 Å². The highest BCUT2D eigenvalue weighted by molar-refractivity contribution is 9.11. The summed E-state index contributed by atoms with van der Waals surface area (Å²) in [6.07, 6.45) is -6.18. The molecule has 0 unspecified atom stereocenters. The number of hydrogen-bond donors (Lipinski definition) is 3. The highest BCUT2D eigenvalue weighted by Crippen LogP contribution is 2.32. The third-order valence-corrected chi connectivity index (χ3v) is 6.13. The first-order valence-electron chi connectivity index (χ1n) is 10.4. The van der Waals surface area contributed by atoms with Gasteiger partial charge in [0.05, 0.1) is 5.69 Å². The van der Waals surface area contributed by atoms with Gasteiger partial charge in [0.25, 0.3) is 0 Å². The molecule has 36 heavy (non-hydrogen) atoms. The number of hydrogen-bond acceptors (Lipinski definition) is 11. The fourth-order valence-corrected chi connectivity index (χ4v) is 4.72. The Labute approximate surface area is 229 Å². The first kappa shape index (κ1) is 29.7. The molecule has 1 saturated heterocycles. The lowest BCUT2D eigenvalue weighted by molar-refractivity contribution is -0.254. The van der Waals surface area contributed by atoms with Crippen LogP contribution in [0.25, 0.3) is 0 Å². The summed E-state index contributed by atoms with van der Waals surface area (Å²) in [7, 11) is 0. The van der Waals surface area contributed by atoms with E-state index >= 15 is 0 Å². The summed E-state index contributed by atoms with van der Waals surface area (Å²) in [6, 6.07) is 3.36. The molecule has 198 valence electrons. The van der Waals surface area contributed by atoms with E-state index in [-0.39, 0.29) is 11.7 Å². The zero-order chi connectivity index (χ0) is 27.2. The minimum atomic E-state index is -1.32. The SMILES string of the molecule is CC(=O)OC[C@@H]1O[C@@H](NC(=S)Nc2cc(Br)c(N)c(Br)c2)[C@@H](OC(C)=O)[C@H](OC(C)=O)[C@@H]1OC(C)=O. The Balaban J connectivity index is 2.38. The number of nitrogens with two attached hydrogens (primary N) is 1. The second-order valence-electron chi connectivity index (χ2n) is 7.57. The summed E-state index contributed by atoms with van der Waals surface area (Å²) in [5, 5.41) is 5.84. The second-order valence-corrected chi connectivity index (χ2v) is 9.69. The Morgan fingerprint density at radius 1 is 0.917 bits per heavy atom. The smallest absolute Gasteiger partial charge is 0.303 e. The molecule has 0 aromatic heterocycles. The molecular formula is C21H25Br2N3O9S. The zero-order valence-electron chi connectivity index (χ0n) is 19.7. The summed E-state index contributed by atoms with van der Waals surface area (Å²) in [4.78, 5) is 47.0. The molecule has 5 atom stereocenters. The zero-order valence-corrected chi connectivity index (χ0v) is 23.7. The molecule has 0 bridgehead atoms. The van der Waals surface area contributed by atoms with E-state index in [0.717, 1.165) is 20.8 Å². The van der Waals surface area contributed by atoms with Crippen LogP contribution in [0.15, 0.2) is 21.1 Å². The van der Waals surface area contributed by atoms with Crippen molar-refractivity contribution in [1.82, 2.24) is 5.32 Å². The van der Waals surface area contributed by atoms with E-state index in [1.54, 1.807) is 12.1 Å². The van der Waals surface area contributed by atoms with Gasteiger partial charge in [0.15, 0.2) is 29.7 Å². The molecule has 4 N–H and O–H groups in total. The molecule has 0 amide bonds. The minimum Gasteiger partial charge on any atom is -0.463 e. The van der Waals surface area contributed by atoms with Gasteiger partial charge in [0, 0.05) is 42.3 Å². The van der Waals surface area contributed by atoms with E-state index in [0.29, 0.717) is 20.3 Å². The van der Waals surface area contributed by atoms with Crippen molar-refractivity contribution in [3.8, 4) is 0 Å². The van der Waals surface area contributed by atoms with Crippen LogP contribution in [0, 0.1) is 0 Å². The van der Waals surface area contributed by atoms with Gasteiger partial charge >= 0.3 is 23.9 Å². The number of nitrogen functional groups attached to an aromatic ring is 1. The van der Waals surface area contributed by atoms with E-state index in [2.05, 4.69) is 42.5 Å². The van der Waals surface area contributed by atoms with Crippen LogP contribution in [0.5, 0.6) is 0 Å². The van der Waals surface area contributed by atoms with Crippen LogP contribution in [-0.2, 0) is 42.9 Å². The summed E-state index contributed by atoms with van der Waals surface area (Å²) in [5.41, 5.74) is 6.94. The number of carbonyl (C=O) groups is 4. The highest BCUT2D eigenvalue weighted by atomic mass is 79.9. The lowest BCUT2D eigenvalue weighted by atomic mass is 9.97. The number of thiocarbonyl (C=S) groups is 1. The van der Waals surface area contributed by atoms with E-state index in [4.69, 9.17) is 41.6 Å². The summed E-state index contributed by atoms with van der Waals surface area (Å²) in [5.74, 6) is -2.80. The first-order valence-corrected chi connectivity index (χ1v) is 12.4. The standard InChI is InChI=1S/C21H25Br2N3O9S/c1-8(27)31-7-15-17(32-9(2)28)18(33-10(3)29)19(34-11(4)30)20(35-15)26-21(36)25-12-5-13(22)16(24)14(23)6-12/h5-6,15,17-20H,7,24H2,1-4H3,(H2,25,26,36)/t15-,17+,18+,19-,20+/m0/s1. The molecule has 1 fully saturated rings. The van der Waals surface area contributed by atoms with Gasteiger partial charge in [0.2, 0.25) is 0 Å². The Kier molecular flexibility index (Phi) is 10.9. The molecule has 12 nitrogen and oxygen atoms in total. The average Bonchev–Trinajstić information content (AvgIpc) is 2.73. The average molecular weight is 655 g/mol. The lowest BCUT2D eigenvalue weighted by Gasteiger charge is -2.44. The third-order valence-electron chi connectivity index (χ3n) is 4.60. The maximum Gasteiger partial charge on any atom is 0.303 e. The van der Waals surface area contributed by atoms with Crippen molar-refractivity contribution in [3.05, 3.63) is 21.1 Å². The maximum atomic E-state index is 11.9. The summed E-state index contributed by atoms with van der Waals surface area (Å²) < 4.78 is 28.3. The second kappa shape index (κ2) is 13.2. The van der Waals surface area contributed by atoms with Gasteiger partial charge in [-0.2, -0.15) is 0 Å². The first-order chi connectivity index (χ1) is 16.8. The highest BCUT2D eigenvalue weighted by Gasteiger charge is 2.52. The lowest BCUT2D eigenvalue weighted by Crippen LogP contribution is -2.66. The van der Waals surface area contributed by atoms with Gasteiger partial charge in [-0.15, -0.1) is 0 Å². The van der Waals surface area contributed by atoms with E-state index in [1.165, 1.54) is 6.92 Å². The number of ether oxygens (including phenoxy) is 5. The molecule has 0 spiro atoms. The molecule has 0 saturated carbocycles. The van der Waals surface area contributed by atoms with Crippen LogP contribution in [0.3, 0.4) is 0 Å². The van der Waals surface area contributed by atoms with Crippen LogP contribution < -0.4 is 16.4 Å². The predicted molar refractivity (Wildman–Crippen MR) is 138 cm³/mol. The number of nitrogens with one attached hydrogen (secondary N) is 2. The van der Waals surface area contributed by atoms with Gasteiger partial charge in [0.1, 0.15) is 12.7 Å². The monoisotopic (exact) mass is 653 g/mol. The predicted octanol–water partition coefficient (Wildman–Crippen LogP) is 2.16. The Bertz CT molecular complexity index is 1020. The Hall–Kier alpha value is -2.49. The van der Waals surface area contributed by atoms with Crippen LogP contribution in [0.1, 0.15) is 27.7 Å². The van der Waals surface area contributed by atoms with E-state index < -0.39 is 54.5 Å². The number of benzene rings is 1. The largest absolute Gasteiger partial charge is 0.463 e. The van der Waals surface area contributed by atoms with Crippen LogP contribution in [0.2, 0.25) is 0 Å².